The zero-order chi connectivity index (χ0) is 22.7. The number of nitrogens with zero attached hydrogens (tertiary/aromatic N) is 5. The molecular formula is C21H17ClN6O4. The Labute approximate surface area is 186 Å². The lowest BCUT2D eigenvalue weighted by Gasteiger charge is -2.16. The van der Waals surface area contributed by atoms with E-state index in [2.05, 4.69) is 20.8 Å². The van der Waals surface area contributed by atoms with Gasteiger partial charge in [0.15, 0.2) is 0 Å². The average Bonchev–Trinajstić information content (AvgIpc) is 3.30. The van der Waals surface area contributed by atoms with Crippen molar-refractivity contribution < 1.29 is 15.0 Å². The maximum atomic E-state index is 12.7. The highest BCUT2D eigenvalue weighted by Crippen LogP contribution is 2.28. The van der Waals surface area contributed by atoms with E-state index >= 15 is 0 Å². The maximum Gasteiger partial charge on any atom is 0.335 e. The molecule has 2 aromatic carbocycles. The predicted molar refractivity (Wildman–Crippen MR) is 117 cm³/mol. The Hall–Kier alpha value is -4.02. The summed E-state index contributed by atoms with van der Waals surface area (Å²) in [5, 5.41) is 33.8. The van der Waals surface area contributed by atoms with E-state index in [1.165, 1.54) is 45.9 Å². The van der Waals surface area contributed by atoms with Gasteiger partial charge in [0.2, 0.25) is 0 Å². The zero-order valence-electron chi connectivity index (χ0n) is 16.5. The van der Waals surface area contributed by atoms with E-state index in [0.717, 1.165) is 0 Å². The molecule has 0 amide bonds. The summed E-state index contributed by atoms with van der Waals surface area (Å²) in [5.74, 6) is -1.04. The van der Waals surface area contributed by atoms with Crippen molar-refractivity contribution in [2.75, 3.05) is 5.32 Å². The van der Waals surface area contributed by atoms with Crippen LogP contribution < -0.4 is 10.9 Å². The summed E-state index contributed by atoms with van der Waals surface area (Å²) in [6, 6.07) is 14.3. The van der Waals surface area contributed by atoms with Gasteiger partial charge in [-0.1, -0.05) is 11.6 Å². The van der Waals surface area contributed by atoms with Gasteiger partial charge in [-0.3, -0.25) is 4.79 Å². The van der Waals surface area contributed by atoms with Gasteiger partial charge in [0.05, 0.1) is 17.8 Å². The first-order valence-corrected chi connectivity index (χ1v) is 9.80. The fraction of sp³-hybridized carbons (Fsp3) is 0.0952. The molecule has 10 nitrogen and oxygen atoms in total. The fourth-order valence-electron chi connectivity index (χ4n) is 3.17. The molecule has 0 radical (unpaired) electrons. The number of benzene rings is 2. The van der Waals surface area contributed by atoms with Crippen LogP contribution in [0.15, 0.2) is 71.9 Å². The third-order valence-electron chi connectivity index (χ3n) is 4.70. The molecule has 0 saturated carbocycles. The average molecular weight is 453 g/mol. The molecule has 0 aliphatic carbocycles. The highest BCUT2D eigenvalue weighted by molar-refractivity contribution is 6.31. The lowest BCUT2D eigenvalue weighted by Crippen LogP contribution is -2.30. The van der Waals surface area contributed by atoms with Crippen LogP contribution in [0.1, 0.15) is 10.4 Å². The Morgan fingerprint density at radius 3 is 2.56 bits per heavy atom. The van der Waals surface area contributed by atoms with Gasteiger partial charge >= 0.3 is 5.97 Å². The van der Waals surface area contributed by atoms with Crippen molar-refractivity contribution in [3.8, 4) is 16.8 Å². The number of aromatic nitrogens is 5. The maximum absolute atomic E-state index is 12.7. The zero-order valence-corrected chi connectivity index (χ0v) is 17.2. The second kappa shape index (κ2) is 9.00. The Morgan fingerprint density at radius 1 is 1.12 bits per heavy atom. The van der Waals surface area contributed by atoms with Crippen LogP contribution in [0.5, 0.6) is 0 Å². The van der Waals surface area contributed by atoms with Crippen LogP contribution in [0.4, 0.5) is 5.69 Å². The number of tetrazole rings is 1. The van der Waals surface area contributed by atoms with Crippen molar-refractivity contribution in [2.24, 2.45) is 0 Å². The molecule has 0 saturated heterocycles. The van der Waals surface area contributed by atoms with Crippen molar-refractivity contribution in [3.63, 3.8) is 0 Å². The Kier molecular flexibility index (Phi) is 5.97. The molecule has 11 heteroatoms. The highest BCUT2D eigenvalue weighted by Gasteiger charge is 2.12. The highest BCUT2D eigenvalue weighted by atomic mass is 35.5. The van der Waals surface area contributed by atoms with Gasteiger partial charge in [0, 0.05) is 28.5 Å². The lowest BCUT2D eigenvalue weighted by atomic mass is 10.0. The number of nitrogens with one attached hydrogen (secondary N) is 1. The molecule has 1 atom stereocenters. The molecule has 0 fully saturated rings. The minimum Gasteiger partial charge on any atom is -0.478 e. The summed E-state index contributed by atoms with van der Waals surface area (Å²) in [7, 11) is 0. The monoisotopic (exact) mass is 452 g/mol. The van der Waals surface area contributed by atoms with E-state index in [0.29, 0.717) is 27.5 Å². The van der Waals surface area contributed by atoms with Crippen molar-refractivity contribution in [3.05, 3.63) is 88.1 Å². The number of carboxylic acids is 1. The standard InChI is InChI=1S/C21H17ClN6O4/c22-15-3-6-18(28-12-23-25-26-28)17(10-15)14-7-8-27(20(30)9-14)11-19(29)24-16-4-1-13(2-5-16)21(31)32/h1-10,12,19,24,29H,11H2,(H,31,32). The third-order valence-corrected chi connectivity index (χ3v) is 4.93. The molecule has 4 rings (SSSR count). The second-order valence-electron chi connectivity index (χ2n) is 6.86. The number of hydrogen-bond donors (Lipinski definition) is 3. The van der Waals surface area contributed by atoms with Gasteiger partial charge in [-0.15, -0.1) is 5.10 Å². The first kappa shape index (κ1) is 21.2. The smallest absolute Gasteiger partial charge is 0.335 e. The first-order valence-electron chi connectivity index (χ1n) is 9.42. The van der Waals surface area contributed by atoms with Crippen LogP contribution in [0.3, 0.4) is 0 Å². The second-order valence-corrected chi connectivity index (χ2v) is 7.30. The number of aromatic carboxylic acids is 1. The minimum atomic E-state index is -1.07. The van der Waals surface area contributed by atoms with E-state index < -0.39 is 12.2 Å². The van der Waals surface area contributed by atoms with Crippen LogP contribution in [0.25, 0.3) is 16.8 Å². The normalized spacial score (nSPS) is 11.8. The molecule has 0 spiro atoms. The van der Waals surface area contributed by atoms with Gasteiger partial charge in [-0.2, -0.15) is 4.68 Å². The van der Waals surface area contributed by atoms with Crippen LogP contribution in [-0.4, -0.2) is 47.2 Å². The van der Waals surface area contributed by atoms with Crippen molar-refractivity contribution in [1.29, 1.82) is 0 Å². The summed E-state index contributed by atoms with van der Waals surface area (Å²) < 4.78 is 2.83. The molecule has 0 bridgehead atoms. The summed E-state index contributed by atoms with van der Waals surface area (Å²) in [6.07, 6.45) is 1.94. The number of rotatable bonds is 7. The molecule has 32 heavy (non-hydrogen) atoms. The number of carboxylic acid groups (broad SMARTS) is 1. The number of aliphatic hydroxyl groups is 1. The van der Waals surface area contributed by atoms with E-state index in [1.807, 2.05) is 0 Å². The fourth-order valence-corrected chi connectivity index (χ4v) is 3.34. The molecule has 162 valence electrons. The van der Waals surface area contributed by atoms with E-state index in [1.54, 1.807) is 30.5 Å². The van der Waals surface area contributed by atoms with Crippen LogP contribution in [-0.2, 0) is 6.54 Å². The number of anilines is 1. The van der Waals surface area contributed by atoms with Gasteiger partial charge in [0.1, 0.15) is 12.6 Å². The number of carbonyl (C=O) groups is 1. The predicted octanol–water partition coefficient (Wildman–Crippen LogP) is 2.27. The lowest BCUT2D eigenvalue weighted by molar-refractivity contribution is 0.0697. The largest absolute Gasteiger partial charge is 0.478 e. The van der Waals surface area contributed by atoms with Crippen molar-refractivity contribution in [2.45, 2.75) is 12.8 Å². The summed E-state index contributed by atoms with van der Waals surface area (Å²) in [6.45, 7) is -0.0187. The molecule has 0 aliphatic rings. The van der Waals surface area contributed by atoms with Crippen molar-refractivity contribution >= 4 is 23.3 Å². The van der Waals surface area contributed by atoms with Gasteiger partial charge < -0.3 is 20.1 Å². The van der Waals surface area contributed by atoms with Crippen molar-refractivity contribution in [1.82, 2.24) is 24.8 Å². The molecule has 2 heterocycles. The topological polar surface area (TPSA) is 135 Å². The Balaban J connectivity index is 1.54. The number of hydrogen-bond acceptors (Lipinski definition) is 7. The summed E-state index contributed by atoms with van der Waals surface area (Å²) in [5.41, 5.74) is 2.28. The SMILES string of the molecule is O=C(O)c1ccc(NC(O)Cn2ccc(-c3cc(Cl)ccc3-n3cnnn3)cc2=O)cc1. The van der Waals surface area contributed by atoms with E-state index in [4.69, 9.17) is 16.7 Å². The molecular weight excluding hydrogens is 436 g/mol. The molecule has 0 aliphatic heterocycles. The molecule has 1 unspecified atom stereocenters. The third kappa shape index (κ3) is 4.66. The van der Waals surface area contributed by atoms with Crippen LogP contribution in [0.2, 0.25) is 5.02 Å². The van der Waals surface area contributed by atoms with E-state index in [9.17, 15) is 14.7 Å². The minimum absolute atomic E-state index is 0.0187. The van der Waals surface area contributed by atoms with E-state index in [-0.39, 0.29) is 17.7 Å². The first-order chi connectivity index (χ1) is 15.4. The summed E-state index contributed by atoms with van der Waals surface area (Å²) in [4.78, 5) is 23.6. The van der Waals surface area contributed by atoms with Gasteiger partial charge in [-0.25, -0.2) is 4.79 Å². The Morgan fingerprint density at radius 2 is 1.91 bits per heavy atom. The Bertz CT molecular complexity index is 1300. The molecule has 3 N–H and O–H groups in total. The molecule has 2 aromatic heterocycles. The van der Waals surface area contributed by atoms with Gasteiger partial charge in [-0.05, 0) is 64.5 Å². The van der Waals surface area contributed by atoms with Crippen LogP contribution in [0, 0.1) is 0 Å². The number of aliphatic hydroxyl groups excluding tert-OH is 1. The van der Waals surface area contributed by atoms with Crippen LogP contribution >= 0.6 is 11.6 Å². The quantitative estimate of drug-likeness (QED) is 0.363. The van der Waals surface area contributed by atoms with Gasteiger partial charge in [0.25, 0.3) is 5.56 Å². The molecule has 4 aromatic rings. The number of halogens is 1. The number of pyridine rings is 1. The summed E-state index contributed by atoms with van der Waals surface area (Å²) >= 11 is 6.15.